The number of nitrogens with zero attached hydrogens (tertiary/aromatic N) is 2. The molecule has 116 valence electrons. The topological polar surface area (TPSA) is 26.7 Å². The fourth-order valence-corrected chi connectivity index (χ4v) is 3.72. The van der Waals surface area contributed by atoms with Gasteiger partial charge in [-0.15, -0.1) is 0 Å². The molecular weight excluding hydrogens is 328 g/mol. The molecule has 1 aromatic carbocycles. The summed E-state index contributed by atoms with van der Waals surface area (Å²) in [7, 11) is 2.18. The number of likely N-dealkylation sites (N-methyl/N-ethyl adjacent to an activating group) is 1. The highest BCUT2D eigenvalue weighted by Gasteiger charge is 2.43. The molecule has 1 saturated carbocycles. The van der Waals surface area contributed by atoms with Gasteiger partial charge in [0.2, 0.25) is 0 Å². The van der Waals surface area contributed by atoms with E-state index in [0.717, 1.165) is 56.5 Å². The molecule has 2 fully saturated rings. The van der Waals surface area contributed by atoms with Gasteiger partial charge in [0, 0.05) is 43.1 Å². The zero-order chi connectivity index (χ0) is 14.9. The minimum absolute atomic E-state index is 0.239. The van der Waals surface area contributed by atoms with E-state index in [9.17, 15) is 5.11 Å². The molecule has 1 aliphatic carbocycles. The van der Waals surface area contributed by atoms with E-state index in [1.54, 1.807) is 0 Å². The molecule has 1 saturated heterocycles. The van der Waals surface area contributed by atoms with Crippen molar-refractivity contribution in [3.05, 3.63) is 34.3 Å². The second-order valence-electron chi connectivity index (χ2n) is 6.67. The summed E-state index contributed by atoms with van der Waals surface area (Å²) in [5.41, 5.74) is 0.788. The molecule has 2 aliphatic rings. The molecule has 1 aliphatic heterocycles. The summed E-state index contributed by atoms with van der Waals surface area (Å²) in [6.45, 7) is 5.46. The first-order valence-electron chi connectivity index (χ1n) is 7.96. The Kier molecular flexibility index (Phi) is 4.69. The molecule has 1 unspecified atom stereocenters. The predicted octanol–water partition coefficient (Wildman–Crippen LogP) is 2.70. The lowest BCUT2D eigenvalue weighted by Gasteiger charge is -2.46. The molecule has 0 amide bonds. The van der Waals surface area contributed by atoms with Crippen LogP contribution in [-0.2, 0) is 0 Å². The van der Waals surface area contributed by atoms with E-state index in [0.29, 0.717) is 0 Å². The van der Waals surface area contributed by atoms with E-state index < -0.39 is 5.60 Å². The first kappa shape index (κ1) is 15.5. The SMILES string of the molecule is CN1CCN(CC(c2ccc(Br)cc2)C2(O)CCC2)CC1. The number of benzene rings is 1. The summed E-state index contributed by atoms with van der Waals surface area (Å²) >= 11 is 3.50. The lowest BCUT2D eigenvalue weighted by atomic mass is 9.68. The third kappa shape index (κ3) is 3.50. The van der Waals surface area contributed by atoms with Crippen molar-refractivity contribution in [3.63, 3.8) is 0 Å². The van der Waals surface area contributed by atoms with Gasteiger partial charge in [-0.1, -0.05) is 28.1 Å². The molecule has 0 bridgehead atoms. The third-order valence-electron chi connectivity index (χ3n) is 5.18. The number of aliphatic hydroxyl groups is 1. The van der Waals surface area contributed by atoms with Gasteiger partial charge in [0.25, 0.3) is 0 Å². The molecule has 4 heteroatoms. The van der Waals surface area contributed by atoms with Crippen LogP contribution in [0.3, 0.4) is 0 Å². The lowest BCUT2D eigenvalue weighted by Crippen LogP contribution is -2.51. The Morgan fingerprint density at radius 2 is 1.76 bits per heavy atom. The van der Waals surface area contributed by atoms with Gasteiger partial charge in [-0.2, -0.15) is 0 Å². The van der Waals surface area contributed by atoms with Crippen molar-refractivity contribution < 1.29 is 5.11 Å². The zero-order valence-electron chi connectivity index (χ0n) is 12.8. The van der Waals surface area contributed by atoms with Crippen LogP contribution in [-0.4, -0.2) is 60.3 Å². The fourth-order valence-electron chi connectivity index (χ4n) is 3.46. The molecule has 0 aromatic heterocycles. The number of halogens is 1. The van der Waals surface area contributed by atoms with E-state index in [1.807, 2.05) is 0 Å². The van der Waals surface area contributed by atoms with Crippen molar-refractivity contribution in [3.8, 4) is 0 Å². The van der Waals surface area contributed by atoms with Crippen LogP contribution in [0.1, 0.15) is 30.7 Å². The number of piperazine rings is 1. The van der Waals surface area contributed by atoms with Gasteiger partial charge in [-0.25, -0.2) is 0 Å². The lowest BCUT2D eigenvalue weighted by molar-refractivity contribution is -0.0665. The van der Waals surface area contributed by atoms with Crippen LogP contribution >= 0.6 is 15.9 Å². The second-order valence-corrected chi connectivity index (χ2v) is 7.58. The van der Waals surface area contributed by atoms with Crippen molar-refractivity contribution in [2.24, 2.45) is 0 Å². The number of hydrogen-bond donors (Lipinski definition) is 1. The van der Waals surface area contributed by atoms with Gasteiger partial charge < -0.3 is 14.9 Å². The monoisotopic (exact) mass is 352 g/mol. The van der Waals surface area contributed by atoms with Crippen molar-refractivity contribution in [1.29, 1.82) is 0 Å². The third-order valence-corrected chi connectivity index (χ3v) is 5.71. The number of rotatable bonds is 4. The summed E-state index contributed by atoms with van der Waals surface area (Å²) in [5.74, 6) is 0.239. The molecule has 3 rings (SSSR count). The van der Waals surface area contributed by atoms with Crippen LogP contribution in [0.4, 0.5) is 0 Å². The highest BCUT2D eigenvalue weighted by molar-refractivity contribution is 9.10. The highest BCUT2D eigenvalue weighted by atomic mass is 79.9. The van der Waals surface area contributed by atoms with E-state index in [1.165, 1.54) is 5.56 Å². The maximum Gasteiger partial charge on any atom is 0.0728 e. The highest BCUT2D eigenvalue weighted by Crippen LogP contribution is 2.44. The minimum Gasteiger partial charge on any atom is -0.389 e. The van der Waals surface area contributed by atoms with Gasteiger partial charge in [-0.3, -0.25) is 0 Å². The van der Waals surface area contributed by atoms with Crippen LogP contribution < -0.4 is 0 Å². The summed E-state index contributed by atoms with van der Waals surface area (Å²) < 4.78 is 1.10. The molecule has 0 spiro atoms. The molecular formula is C17H25BrN2O. The number of hydrogen-bond acceptors (Lipinski definition) is 3. The standard InChI is InChI=1S/C17H25BrN2O/c1-19-9-11-20(12-10-19)13-16(17(21)7-2-8-17)14-3-5-15(18)6-4-14/h3-6,16,21H,2,7-13H2,1H3. The van der Waals surface area contributed by atoms with Crippen molar-refractivity contribution in [2.75, 3.05) is 39.8 Å². The van der Waals surface area contributed by atoms with E-state index in [4.69, 9.17) is 0 Å². The predicted molar refractivity (Wildman–Crippen MR) is 89.6 cm³/mol. The van der Waals surface area contributed by atoms with Gasteiger partial charge in [0.15, 0.2) is 0 Å². The van der Waals surface area contributed by atoms with Gasteiger partial charge in [0.1, 0.15) is 0 Å². The normalized spacial score (nSPS) is 24.5. The zero-order valence-corrected chi connectivity index (χ0v) is 14.3. The maximum absolute atomic E-state index is 10.9. The van der Waals surface area contributed by atoms with Crippen molar-refractivity contribution in [2.45, 2.75) is 30.8 Å². The molecule has 0 radical (unpaired) electrons. The molecule has 1 N–H and O–H groups in total. The fraction of sp³-hybridized carbons (Fsp3) is 0.647. The summed E-state index contributed by atoms with van der Waals surface area (Å²) in [4.78, 5) is 4.90. The maximum atomic E-state index is 10.9. The first-order chi connectivity index (χ1) is 10.1. The van der Waals surface area contributed by atoms with Gasteiger partial charge in [0.05, 0.1) is 5.60 Å². The summed E-state index contributed by atoms with van der Waals surface area (Å²) in [5, 5.41) is 10.9. The molecule has 1 heterocycles. The van der Waals surface area contributed by atoms with Crippen LogP contribution in [0, 0.1) is 0 Å². The first-order valence-corrected chi connectivity index (χ1v) is 8.75. The Morgan fingerprint density at radius 1 is 1.14 bits per heavy atom. The van der Waals surface area contributed by atoms with Gasteiger partial charge in [-0.05, 0) is 44.0 Å². The van der Waals surface area contributed by atoms with Gasteiger partial charge >= 0.3 is 0 Å². The summed E-state index contributed by atoms with van der Waals surface area (Å²) in [6.07, 6.45) is 3.05. The quantitative estimate of drug-likeness (QED) is 0.902. The van der Waals surface area contributed by atoms with Crippen LogP contribution in [0.15, 0.2) is 28.7 Å². The Balaban J connectivity index is 1.75. The van der Waals surface area contributed by atoms with E-state index in [2.05, 4.69) is 57.0 Å². The Hall–Kier alpha value is -0.420. The minimum atomic E-state index is -0.489. The van der Waals surface area contributed by atoms with Crippen LogP contribution in [0.2, 0.25) is 0 Å². The second kappa shape index (κ2) is 6.37. The van der Waals surface area contributed by atoms with E-state index in [-0.39, 0.29) is 5.92 Å². The average Bonchev–Trinajstić information content (AvgIpc) is 2.45. The van der Waals surface area contributed by atoms with Crippen LogP contribution in [0.25, 0.3) is 0 Å². The Morgan fingerprint density at radius 3 is 2.29 bits per heavy atom. The summed E-state index contributed by atoms with van der Waals surface area (Å²) in [6, 6.07) is 8.52. The van der Waals surface area contributed by atoms with Crippen molar-refractivity contribution in [1.82, 2.24) is 9.80 Å². The Labute approximate surface area is 136 Å². The molecule has 1 atom stereocenters. The van der Waals surface area contributed by atoms with Crippen molar-refractivity contribution >= 4 is 15.9 Å². The Bertz CT molecular complexity index is 464. The smallest absolute Gasteiger partial charge is 0.0728 e. The molecule has 21 heavy (non-hydrogen) atoms. The van der Waals surface area contributed by atoms with E-state index >= 15 is 0 Å². The van der Waals surface area contributed by atoms with Crippen LogP contribution in [0.5, 0.6) is 0 Å². The average molecular weight is 353 g/mol. The molecule has 1 aromatic rings. The largest absolute Gasteiger partial charge is 0.389 e. The molecule has 3 nitrogen and oxygen atoms in total.